The van der Waals surface area contributed by atoms with Crippen molar-refractivity contribution in [3.05, 3.63) is 0 Å². The van der Waals surface area contributed by atoms with Gasteiger partial charge in [0, 0.05) is 12.8 Å². The Morgan fingerprint density at radius 3 is 2.40 bits per heavy atom. The van der Waals surface area contributed by atoms with Gasteiger partial charge in [-0.1, -0.05) is 39.5 Å². The summed E-state index contributed by atoms with van der Waals surface area (Å²) in [5.74, 6) is 1.16. The average molecular weight is 230 g/mol. The van der Waals surface area contributed by atoms with Crippen LogP contribution in [0, 0.1) is 11.3 Å². The maximum atomic E-state index is 11.4. The minimum atomic E-state index is 0.109. The number of thioether (sulfide) groups is 1. The maximum absolute atomic E-state index is 11.4. The molecule has 0 aromatic heterocycles. The standard InChI is InChI=1S/C12H22O2S/c1-5-15-11(14)7-6-10(8-9-13)12(2,3)4/h9-10H,5-8H2,1-4H3. The molecule has 1 atom stereocenters. The van der Waals surface area contributed by atoms with Gasteiger partial charge in [-0.25, -0.2) is 0 Å². The molecule has 0 aliphatic rings. The van der Waals surface area contributed by atoms with E-state index in [-0.39, 0.29) is 10.5 Å². The van der Waals surface area contributed by atoms with Crippen LogP contribution in [0.4, 0.5) is 0 Å². The molecule has 0 heterocycles. The molecular weight excluding hydrogens is 208 g/mol. The minimum Gasteiger partial charge on any atom is -0.303 e. The van der Waals surface area contributed by atoms with Crippen LogP contribution in [-0.2, 0) is 9.59 Å². The fourth-order valence-electron chi connectivity index (χ4n) is 1.55. The van der Waals surface area contributed by atoms with Crippen molar-refractivity contribution in [3.63, 3.8) is 0 Å². The third-order valence-corrected chi connectivity index (χ3v) is 3.42. The molecule has 3 heteroatoms. The number of hydrogen-bond donors (Lipinski definition) is 0. The van der Waals surface area contributed by atoms with Gasteiger partial charge in [0.25, 0.3) is 0 Å². The summed E-state index contributed by atoms with van der Waals surface area (Å²) in [4.78, 5) is 21.9. The van der Waals surface area contributed by atoms with Crippen molar-refractivity contribution in [1.29, 1.82) is 0 Å². The smallest absolute Gasteiger partial charge is 0.188 e. The van der Waals surface area contributed by atoms with E-state index in [9.17, 15) is 9.59 Å². The second kappa shape index (κ2) is 7.04. The van der Waals surface area contributed by atoms with Crippen LogP contribution in [0.3, 0.4) is 0 Å². The molecule has 0 spiro atoms. The Bertz CT molecular complexity index is 206. The monoisotopic (exact) mass is 230 g/mol. The molecule has 88 valence electrons. The number of hydrogen-bond acceptors (Lipinski definition) is 3. The van der Waals surface area contributed by atoms with Gasteiger partial charge in [-0.05, 0) is 23.5 Å². The van der Waals surface area contributed by atoms with Crippen molar-refractivity contribution >= 4 is 23.2 Å². The Morgan fingerprint density at radius 2 is 2.00 bits per heavy atom. The molecule has 0 aromatic carbocycles. The fraction of sp³-hybridized carbons (Fsp3) is 0.833. The van der Waals surface area contributed by atoms with Gasteiger partial charge in [-0.15, -0.1) is 0 Å². The van der Waals surface area contributed by atoms with Crippen LogP contribution in [-0.4, -0.2) is 17.2 Å². The molecule has 0 fully saturated rings. The van der Waals surface area contributed by atoms with E-state index in [1.165, 1.54) is 11.8 Å². The van der Waals surface area contributed by atoms with Gasteiger partial charge in [0.2, 0.25) is 0 Å². The van der Waals surface area contributed by atoms with Crippen LogP contribution in [0.15, 0.2) is 0 Å². The lowest BCUT2D eigenvalue weighted by Crippen LogP contribution is -2.21. The molecular formula is C12H22O2S. The van der Waals surface area contributed by atoms with E-state index in [0.717, 1.165) is 18.5 Å². The zero-order chi connectivity index (χ0) is 11.9. The normalized spacial score (nSPS) is 13.6. The van der Waals surface area contributed by atoms with Crippen molar-refractivity contribution in [2.75, 3.05) is 5.75 Å². The van der Waals surface area contributed by atoms with Crippen LogP contribution in [0.25, 0.3) is 0 Å². The summed E-state index contributed by atoms with van der Waals surface area (Å²) in [6, 6.07) is 0. The highest BCUT2D eigenvalue weighted by atomic mass is 32.2. The highest BCUT2D eigenvalue weighted by molar-refractivity contribution is 8.13. The van der Waals surface area contributed by atoms with Gasteiger partial charge >= 0.3 is 0 Å². The number of carbonyl (C=O) groups is 2. The topological polar surface area (TPSA) is 34.1 Å². The van der Waals surface area contributed by atoms with Gasteiger partial charge in [0.15, 0.2) is 5.12 Å². The predicted octanol–water partition coefficient (Wildman–Crippen LogP) is 3.30. The Hall–Kier alpha value is -0.310. The Morgan fingerprint density at radius 1 is 1.40 bits per heavy atom. The quantitative estimate of drug-likeness (QED) is 0.657. The van der Waals surface area contributed by atoms with E-state index in [4.69, 9.17) is 0 Å². The predicted molar refractivity (Wildman–Crippen MR) is 66.0 cm³/mol. The lowest BCUT2D eigenvalue weighted by Gasteiger charge is -2.29. The molecule has 0 saturated carbocycles. The number of aldehydes is 1. The van der Waals surface area contributed by atoms with E-state index in [1.807, 2.05) is 6.92 Å². The molecule has 0 rings (SSSR count). The summed E-state index contributed by atoms with van der Waals surface area (Å²) >= 11 is 1.37. The average Bonchev–Trinajstić information content (AvgIpc) is 2.10. The van der Waals surface area contributed by atoms with Gasteiger partial charge < -0.3 is 4.79 Å². The lowest BCUT2D eigenvalue weighted by molar-refractivity contribution is -0.112. The molecule has 0 aromatic rings. The zero-order valence-electron chi connectivity index (χ0n) is 10.2. The van der Waals surface area contributed by atoms with Gasteiger partial charge in [-0.2, -0.15) is 0 Å². The Balaban J connectivity index is 4.07. The minimum absolute atomic E-state index is 0.109. The first-order chi connectivity index (χ1) is 6.91. The van der Waals surface area contributed by atoms with Crippen LogP contribution in [0.2, 0.25) is 0 Å². The summed E-state index contributed by atoms with van der Waals surface area (Å²) in [6.45, 7) is 8.35. The first-order valence-electron chi connectivity index (χ1n) is 5.51. The molecule has 0 aliphatic heterocycles. The highest BCUT2D eigenvalue weighted by Gasteiger charge is 2.24. The molecule has 0 bridgehead atoms. The summed E-state index contributed by atoms with van der Waals surface area (Å²) in [6.07, 6.45) is 2.95. The first-order valence-corrected chi connectivity index (χ1v) is 6.49. The van der Waals surface area contributed by atoms with Crippen molar-refractivity contribution < 1.29 is 9.59 Å². The van der Waals surface area contributed by atoms with E-state index in [1.54, 1.807) is 0 Å². The number of carbonyl (C=O) groups excluding carboxylic acids is 2. The van der Waals surface area contributed by atoms with Crippen molar-refractivity contribution in [1.82, 2.24) is 0 Å². The second-order valence-corrected chi connectivity index (χ2v) is 6.13. The Labute approximate surface area is 97.2 Å². The van der Waals surface area contributed by atoms with E-state index in [0.29, 0.717) is 18.8 Å². The number of rotatable bonds is 6. The molecule has 0 aliphatic carbocycles. The summed E-state index contributed by atoms with van der Waals surface area (Å²) < 4.78 is 0. The van der Waals surface area contributed by atoms with Crippen LogP contribution in [0.1, 0.15) is 47.0 Å². The van der Waals surface area contributed by atoms with E-state index >= 15 is 0 Å². The summed E-state index contributed by atoms with van der Waals surface area (Å²) in [7, 11) is 0. The first kappa shape index (κ1) is 14.7. The molecule has 0 N–H and O–H groups in total. The SMILES string of the molecule is CCSC(=O)CCC(CC=O)C(C)(C)C. The molecule has 0 radical (unpaired) electrons. The fourth-order valence-corrected chi connectivity index (χ4v) is 2.13. The molecule has 0 saturated heterocycles. The molecule has 15 heavy (non-hydrogen) atoms. The zero-order valence-corrected chi connectivity index (χ0v) is 11.0. The van der Waals surface area contributed by atoms with E-state index in [2.05, 4.69) is 20.8 Å². The summed E-state index contributed by atoms with van der Waals surface area (Å²) in [5.41, 5.74) is 0.109. The summed E-state index contributed by atoms with van der Waals surface area (Å²) in [5, 5.41) is 0.248. The van der Waals surface area contributed by atoms with Gasteiger partial charge in [-0.3, -0.25) is 4.79 Å². The third kappa shape index (κ3) is 6.72. The molecule has 2 nitrogen and oxygen atoms in total. The largest absolute Gasteiger partial charge is 0.303 e. The van der Waals surface area contributed by atoms with Crippen molar-refractivity contribution in [3.8, 4) is 0 Å². The lowest BCUT2D eigenvalue weighted by atomic mass is 9.76. The van der Waals surface area contributed by atoms with Gasteiger partial charge in [0.1, 0.15) is 6.29 Å². The highest BCUT2D eigenvalue weighted by Crippen LogP contribution is 2.32. The maximum Gasteiger partial charge on any atom is 0.188 e. The van der Waals surface area contributed by atoms with Crippen LogP contribution in [0.5, 0.6) is 0 Å². The third-order valence-electron chi connectivity index (χ3n) is 2.61. The molecule has 0 amide bonds. The van der Waals surface area contributed by atoms with Crippen molar-refractivity contribution in [2.45, 2.75) is 47.0 Å². The second-order valence-electron chi connectivity index (χ2n) is 4.81. The van der Waals surface area contributed by atoms with E-state index < -0.39 is 0 Å². The van der Waals surface area contributed by atoms with Gasteiger partial charge in [0.05, 0.1) is 0 Å². The Kier molecular flexibility index (Phi) is 6.90. The molecule has 1 unspecified atom stereocenters. The van der Waals surface area contributed by atoms with Crippen LogP contribution < -0.4 is 0 Å². The van der Waals surface area contributed by atoms with Crippen molar-refractivity contribution in [2.24, 2.45) is 11.3 Å². The van der Waals surface area contributed by atoms with Crippen LogP contribution >= 0.6 is 11.8 Å².